The van der Waals surface area contributed by atoms with Crippen LogP contribution in [0.15, 0.2) is 23.2 Å². The van der Waals surface area contributed by atoms with Crippen molar-refractivity contribution in [3.63, 3.8) is 0 Å². The number of rotatable bonds is 9. The number of aliphatic imine (C=N–C) groups is 1. The molecule has 0 saturated carbocycles. The number of nitrogens with zero attached hydrogens (tertiary/aromatic N) is 2. The maximum atomic E-state index is 13.7. The van der Waals surface area contributed by atoms with Crippen molar-refractivity contribution < 1.29 is 4.39 Å². The molecule has 0 unspecified atom stereocenters. The van der Waals surface area contributed by atoms with E-state index in [1.807, 2.05) is 25.1 Å². The molecule has 0 aliphatic carbocycles. The predicted molar refractivity (Wildman–Crippen MR) is 91.3 cm³/mol. The number of benzene rings is 1. The first-order valence-corrected chi connectivity index (χ1v) is 7.98. The minimum atomic E-state index is -0.177. The van der Waals surface area contributed by atoms with Gasteiger partial charge < -0.3 is 16.0 Å². The molecule has 1 aromatic carbocycles. The fourth-order valence-electron chi connectivity index (χ4n) is 2.19. The smallest absolute Gasteiger partial charge is 0.188 e. The van der Waals surface area contributed by atoms with Gasteiger partial charge in [-0.2, -0.15) is 0 Å². The van der Waals surface area contributed by atoms with E-state index in [0.29, 0.717) is 24.6 Å². The predicted octanol–water partition coefficient (Wildman–Crippen LogP) is 2.87. The minimum Gasteiger partial charge on any atom is -0.370 e. The molecule has 0 bridgehead atoms. The molecule has 0 spiro atoms. The summed E-state index contributed by atoms with van der Waals surface area (Å²) >= 11 is 0. The Morgan fingerprint density at radius 2 is 2.05 bits per heavy atom. The summed E-state index contributed by atoms with van der Waals surface area (Å²) in [6.45, 7) is 4.09. The monoisotopic (exact) mass is 308 g/mol. The van der Waals surface area contributed by atoms with Crippen LogP contribution in [0.1, 0.15) is 43.7 Å². The number of unbranched alkanes of at least 4 members (excludes halogenated alkanes) is 3. The fourth-order valence-corrected chi connectivity index (χ4v) is 2.19. The van der Waals surface area contributed by atoms with Gasteiger partial charge in [-0.3, -0.25) is 0 Å². The molecular formula is C17H29FN4. The molecule has 0 heterocycles. The lowest BCUT2D eigenvalue weighted by Gasteiger charge is -2.11. The molecule has 0 aromatic heterocycles. The van der Waals surface area contributed by atoms with E-state index in [0.717, 1.165) is 18.5 Å². The Hall–Kier alpha value is -1.62. The SMILES string of the molecule is CCCCCCNC(N)=NCc1ccc(F)c(CN(C)C)c1. The fraction of sp³-hybridized carbons (Fsp3) is 0.588. The van der Waals surface area contributed by atoms with Crippen molar-refractivity contribution in [3.05, 3.63) is 35.1 Å². The third-order valence-electron chi connectivity index (χ3n) is 3.37. The summed E-state index contributed by atoms with van der Waals surface area (Å²) in [6, 6.07) is 5.11. The highest BCUT2D eigenvalue weighted by atomic mass is 19.1. The van der Waals surface area contributed by atoms with E-state index in [2.05, 4.69) is 17.2 Å². The molecule has 0 atom stereocenters. The van der Waals surface area contributed by atoms with Gasteiger partial charge in [0.2, 0.25) is 0 Å². The number of guanidine groups is 1. The van der Waals surface area contributed by atoms with Crippen molar-refractivity contribution in [1.29, 1.82) is 0 Å². The average Bonchev–Trinajstić information content (AvgIpc) is 2.47. The highest BCUT2D eigenvalue weighted by molar-refractivity contribution is 5.77. The molecule has 0 aliphatic rings. The molecule has 0 radical (unpaired) electrons. The number of hydrogen-bond acceptors (Lipinski definition) is 2. The summed E-state index contributed by atoms with van der Waals surface area (Å²) in [4.78, 5) is 6.25. The van der Waals surface area contributed by atoms with Crippen LogP contribution in [0.25, 0.3) is 0 Å². The second-order valence-electron chi connectivity index (χ2n) is 5.85. The Balaban J connectivity index is 2.47. The second kappa shape index (κ2) is 10.2. The Morgan fingerprint density at radius 1 is 1.27 bits per heavy atom. The molecule has 0 amide bonds. The average molecular weight is 308 g/mol. The summed E-state index contributed by atoms with van der Waals surface area (Å²) in [5.41, 5.74) is 7.49. The first kappa shape index (κ1) is 18.4. The Kier molecular flexibility index (Phi) is 8.51. The normalized spacial score (nSPS) is 12.0. The third-order valence-corrected chi connectivity index (χ3v) is 3.37. The van der Waals surface area contributed by atoms with E-state index in [-0.39, 0.29) is 5.82 Å². The first-order valence-electron chi connectivity index (χ1n) is 7.98. The number of nitrogens with one attached hydrogen (secondary N) is 1. The van der Waals surface area contributed by atoms with Gasteiger partial charge in [0.05, 0.1) is 6.54 Å². The number of nitrogens with two attached hydrogens (primary N) is 1. The summed E-state index contributed by atoms with van der Waals surface area (Å²) in [5, 5.41) is 3.12. The molecule has 5 heteroatoms. The molecule has 0 saturated heterocycles. The summed E-state index contributed by atoms with van der Waals surface area (Å²) < 4.78 is 13.7. The first-order chi connectivity index (χ1) is 10.5. The van der Waals surface area contributed by atoms with Gasteiger partial charge in [0, 0.05) is 18.7 Å². The second-order valence-corrected chi connectivity index (χ2v) is 5.85. The van der Waals surface area contributed by atoms with E-state index in [1.165, 1.54) is 25.3 Å². The van der Waals surface area contributed by atoms with Gasteiger partial charge >= 0.3 is 0 Å². The van der Waals surface area contributed by atoms with Crippen LogP contribution >= 0.6 is 0 Å². The van der Waals surface area contributed by atoms with E-state index >= 15 is 0 Å². The summed E-state index contributed by atoms with van der Waals surface area (Å²) in [5.74, 6) is 0.276. The molecule has 4 nitrogen and oxygen atoms in total. The lowest BCUT2D eigenvalue weighted by molar-refractivity contribution is 0.392. The lowest BCUT2D eigenvalue weighted by Crippen LogP contribution is -2.32. The van der Waals surface area contributed by atoms with Crippen molar-refractivity contribution in [2.45, 2.75) is 45.7 Å². The largest absolute Gasteiger partial charge is 0.370 e. The van der Waals surface area contributed by atoms with Crippen LogP contribution in [-0.4, -0.2) is 31.5 Å². The molecule has 124 valence electrons. The van der Waals surface area contributed by atoms with Crippen molar-refractivity contribution >= 4 is 5.96 Å². The van der Waals surface area contributed by atoms with Gasteiger partial charge in [0.15, 0.2) is 5.96 Å². The standard InChI is InChI=1S/C17H29FN4/c1-4-5-6-7-10-20-17(19)21-12-14-8-9-16(18)15(11-14)13-22(2)3/h8-9,11H,4-7,10,12-13H2,1-3H3,(H3,19,20,21). The Labute approximate surface area is 133 Å². The molecule has 0 fully saturated rings. The van der Waals surface area contributed by atoms with E-state index < -0.39 is 0 Å². The van der Waals surface area contributed by atoms with Gasteiger partial charge in [-0.1, -0.05) is 32.3 Å². The molecular weight excluding hydrogens is 279 g/mol. The Morgan fingerprint density at radius 3 is 2.73 bits per heavy atom. The van der Waals surface area contributed by atoms with Gasteiger partial charge in [-0.15, -0.1) is 0 Å². The van der Waals surface area contributed by atoms with E-state index in [4.69, 9.17) is 5.73 Å². The van der Waals surface area contributed by atoms with Crippen LogP contribution in [0.2, 0.25) is 0 Å². The highest BCUT2D eigenvalue weighted by Gasteiger charge is 2.05. The Bertz CT molecular complexity index is 472. The topological polar surface area (TPSA) is 53.6 Å². The molecule has 1 aromatic rings. The summed E-state index contributed by atoms with van der Waals surface area (Å²) in [6.07, 6.45) is 4.79. The maximum absolute atomic E-state index is 13.7. The zero-order chi connectivity index (χ0) is 16.4. The quantitative estimate of drug-likeness (QED) is 0.419. The molecule has 3 N–H and O–H groups in total. The maximum Gasteiger partial charge on any atom is 0.188 e. The third kappa shape index (κ3) is 7.41. The minimum absolute atomic E-state index is 0.177. The van der Waals surface area contributed by atoms with Crippen molar-refractivity contribution in [3.8, 4) is 0 Å². The molecule has 0 aliphatic heterocycles. The highest BCUT2D eigenvalue weighted by Crippen LogP contribution is 2.13. The lowest BCUT2D eigenvalue weighted by atomic mass is 10.1. The van der Waals surface area contributed by atoms with Gasteiger partial charge in [-0.25, -0.2) is 9.38 Å². The zero-order valence-electron chi connectivity index (χ0n) is 14.0. The van der Waals surface area contributed by atoms with Crippen LogP contribution < -0.4 is 11.1 Å². The van der Waals surface area contributed by atoms with Crippen LogP contribution in [0.4, 0.5) is 4.39 Å². The number of halogens is 1. The van der Waals surface area contributed by atoms with Gasteiger partial charge in [-0.05, 0) is 38.2 Å². The van der Waals surface area contributed by atoms with Crippen molar-refractivity contribution in [1.82, 2.24) is 10.2 Å². The summed E-state index contributed by atoms with van der Waals surface area (Å²) in [7, 11) is 3.84. The molecule has 1 rings (SSSR count). The van der Waals surface area contributed by atoms with Crippen LogP contribution in [0.3, 0.4) is 0 Å². The van der Waals surface area contributed by atoms with Crippen LogP contribution in [-0.2, 0) is 13.1 Å². The van der Waals surface area contributed by atoms with Gasteiger partial charge in [0.25, 0.3) is 0 Å². The van der Waals surface area contributed by atoms with Crippen LogP contribution in [0.5, 0.6) is 0 Å². The van der Waals surface area contributed by atoms with Crippen LogP contribution in [0, 0.1) is 5.82 Å². The van der Waals surface area contributed by atoms with Gasteiger partial charge in [0.1, 0.15) is 5.82 Å². The van der Waals surface area contributed by atoms with E-state index in [9.17, 15) is 4.39 Å². The number of hydrogen-bond donors (Lipinski definition) is 2. The van der Waals surface area contributed by atoms with Crippen molar-refractivity contribution in [2.24, 2.45) is 10.7 Å². The molecule has 22 heavy (non-hydrogen) atoms. The van der Waals surface area contributed by atoms with E-state index in [1.54, 1.807) is 6.07 Å². The zero-order valence-corrected chi connectivity index (χ0v) is 14.0. The van der Waals surface area contributed by atoms with Crippen molar-refractivity contribution in [2.75, 3.05) is 20.6 Å².